The molecule has 0 spiro atoms. The van der Waals surface area contributed by atoms with Gasteiger partial charge in [0.05, 0.1) is 5.56 Å². The molecule has 1 N–H and O–H groups in total. The molecular weight excluding hydrogens is 290 g/mol. The second-order valence-corrected chi connectivity index (χ2v) is 8.04. The van der Waals surface area contributed by atoms with Gasteiger partial charge in [0.25, 0.3) is 5.91 Å². The number of aryl methyl sites for hydroxylation is 2. The third kappa shape index (κ3) is 6.85. The Labute approximate surface area is 139 Å². The third-order valence-electron chi connectivity index (χ3n) is 3.53. The zero-order valence-corrected chi connectivity index (χ0v) is 15.4. The maximum absolute atomic E-state index is 12.0. The summed E-state index contributed by atoms with van der Waals surface area (Å²) in [7, 11) is 0. The smallest absolute Gasteiger partial charge is 0.338 e. The highest BCUT2D eigenvalue weighted by atomic mass is 16.5. The van der Waals surface area contributed by atoms with Crippen molar-refractivity contribution in [1.29, 1.82) is 0 Å². The number of benzene rings is 1. The van der Waals surface area contributed by atoms with Crippen molar-refractivity contribution in [1.82, 2.24) is 5.32 Å². The van der Waals surface area contributed by atoms with Gasteiger partial charge in [0.2, 0.25) is 0 Å². The van der Waals surface area contributed by atoms with Gasteiger partial charge in [0.1, 0.15) is 0 Å². The Bertz CT molecular complexity index is 583. The molecule has 0 unspecified atom stereocenters. The van der Waals surface area contributed by atoms with E-state index < -0.39 is 5.97 Å². The van der Waals surface area contributed by atoms with Crippen molar-refractivity contribution >= 4 is 11.9 Å². The monoisotopic (exact) mass is 319 g/mol. The molecule has 23 heavy (non-hydrogen) atoms. The number of amides is 1. The number of hydrogen-bond acceptors (Lipinski definition) is 3. The molecule has 0 saturated carbocycles. The number of rotatable bonds is 5. The molecule has 0 heterocycles. The van der Waals surface area contributed by atoms with Crippen molar-refractivity contribution < 1.29 is 14.3 Å². The van der Waals surface area contributed by atoms with Gasteiger partial charge in [0, 0.05) is 5.54 Å². The Kier molecular flexibility index (Phi) is 5.98. The molecule has 1 amide bonds. The van der Waals surface area contributed by atoms with Gasteiger partial charge in [-0.25, -0.2) is 4.79 Å². The molecule has 1 aromatic rings. The molecule has 0 fully saturated rings. The van der Waals surface area contributed by atoms with Gasteiger partial charge < -0.3 is 10.1 Å². The van der Waals surface area contributed by atoms with Gasteiger partial charge in [-0.05, 0) is 62.8 Å². The van der Waals surface area contributed by atoms with E-state index in [4.69, 9.17) is 4.74 Å². The second-order valence-electron chi connectivity index (χ2n) is 8.04. The summed E-state index contributed by atoms with van der Waals surface area (Å²) < 4.78 is 5.11. The first kappa shape index (κ1) is 19.2. The first-order chi connectivity index (χ1) is 10.4. The summed E-state index contributed by atoms with van der Waals surface area (Å²) in [4.78, 5) is 24.0. The second kappa shape index (κ2) is 7.16. The van der Waals surface area contributed by atoms with Gasteiger partial charge >= 0.3 is 5.97 Å². The van der Waals surface area contributed by atoms with Crippen LogP contribution in [0.5, 0.6) is 0 Å². The zero-order valence-electron chi connectivity index (χ0n) is 15.4. The predicted octanol–water partition coefficient (Wildman–Crippen LogP) is 3.79. The lowest BCUT2D eigenvalue weighted by molar-refractivity contribution is -0.126. The maximum Gasteiger partial charge on any atom is 0.338 e. The molecule has 4 heteroatoms. The van der Waals surface area contributed by atoms with Crippen LogP contribution < -0.4 is 5.32 Å². The Morgan fingerprint density at radius 1 is 1.04 bits per heavy atom. The topological polar surface area (TPSA) is 55.4 Å². The number of carbonyl (C=O) groups excluding carboxylic acids is 2. The Hall–Kier alpha value is -1.84. The van der Waals surface area contributed by atoms with Crippen molar-refractivity contribution in [2.75, 3.05) is 6.61 Å². The molecule has 0 aromatic heterocycles. The summed E-state index contributed by atoms with van der Waals surface area (Å²) in [6, 6.07) is 5.36. The van der Waals surface area contributed by atoms with Crippen LogP contribution in [0.2, 0.25) is 0 Å². The van der Waals surface area contributed by atoms with Crippen LogP contribution in [0.15, 0.2) is 18.2 Å². The number of esters is 1. The summed E-state index contributed by atoms with van der Waals surface area (Å²) in [5, 5.41) is 2.92. The highest BCUT2D eigenvalue weighted by molar-refractivity contribution is 5.91. The summed E-state index contributed by atoms with van der Waals surface area (Å²) >= 11 is 0. The molecule has 4 nitrogen and oxygen atoms in total. The minimum absolute atomic E-state index is 0.104. The van der Waals surface area contributed by atoms with Crippen LogP contribution in [0.4, 0.5) is 0 Å². The first-order valence-corrected chi connectivity index (χ1v) is 7.95. The predicted molar refractivity (Wildman–Crippen MR) is 92.5 cm³/mol. The zero-order chi connectivity index (χ0) is 17.8. The van der Waals surface area contributed by atoms with Crippen LogP contribution in [0.3, 0.4) is 0 Å². The fraction of sp³-hybridized carbons (Fsp3) is 0.579. The van der Waals surface area contributed by atoms with E-state index in [-0.39, 0.29) is 23.5 Å². The summed E-state index contributed by atoms with van der Waals surface area (Å²) in [5.74, 6) is -0.756. The van der Waals surface area contributed by atoms with Gasteiger partial charge in [-0.2, -0.15) is 0 Å². The van der Waals surface area contributed by atoms with E-state index in [1.165, 1.54) is 0 Å². The minimum Gasteiger partial charge on any atom is -0.452 e. The average Bonchev–Trinajstić information content (AvgIpc) is 2.35. The van der Waals surface area contributed by atoms with Crippen LogP contribution in [-0.4, -0.2) is 24.0 Å². The molecular formula is C19H29NO3. The Balaban J connectivity index is 2.55. The summed E-state index contributed by atoms with van der Waals surface area (Å²) in [5.41, 5.74) is 2.36. The number of carbonyl (C=O) groups is 2. The van der Waals surface area contributed by atoms with Crippen molar-refractivity contribution in [2.24, 2.45) is 5.41 Å². The lowest BCUT2D eigenvalue weighted by Gasteiger charge is -2.33. The largest absolute Gasteiger partial charge is 0.452 e. The number of nitrogens with one attached hydrogen (secondary N) is 1. The lowest BCUT2D eigenvalue weighted by atomic mass is 9.82. The quantitative estimate of drug-likeness (QED) is 0.840. The number of hydrogen-bond donors (Lipinski definition) is 1. The van der Waals surface area contributed by atoms with Crippen molar-refractivity contribution in [3.8, 4) is 0 Å². The molecule has 0 aliphatic rings. The highest BCUT2D eigenvalue weighted by Gasteiger charge is 2.27. The van der Waals surface area contributed by atoms with Crippen molar-refractivity contribution in [2.45, 2.75) is 60.4 Å². The van der Waals surface area contributed by atoms with Crippen LogP contribution in [0, 0.1) is 19.3 Å². The van der Waals surface area contributed by atoms with E-state index in [0.717, 1.165) is 17.5 Å². The van der Waals surface area contributed by atoms with Gasteiger partial charge in [-0.1, -0.05) is 26.8 Å². The molecule has 128 valence electrons. The molecule has 0 aliphatic heterocycles. The normalized spacial score (nSPS) is 12.0. The Morgan fingerprint density at radius 3 is 2.17 bits per heavy atom. The summed E-state index contributed by atoms with van der Waals surface area (Å²) in [6.07, 6.45) is 0.830. The van der Waals surface area contributed by atoms with E-state index in [1.54, 1.807) is 12.1 Å². The third-order valence-corrected chi connectivity index (χ3v) is 3.53. The minimum atomic E-state index is -0.475. The molecule has 0 aliphatic carbocycles. The van der Waals surface area contributed by atoms with Crippen LogP contribution >= 0.6 is 0 Å². The maximum atomic E-state index is 12.0. The van der Waals surface area contributed by atoms with E-state index in [2.05, 4.69) is 26.1 Å². The van der Waals surface area contributed by atoms with Crippen LogP contribution in [-0.2, 0) is 9.53 Å². The summed E-state index contributed by atoms with van der Waals surface area (Å²) in [6.45, 7) is 14.0. The molecule has 1 aromatic carbocycles. The van der Waals surface area contributed by atoms with E-state index in [0.29, 0.717) is 5.56 Å². The SMILES string of the molecule is Cc1ccc(C(=O)OCC(=O)NC(C)(C)CC(C)(C)C)cc1C. The average molecular weight is 319 g/mol. The standard InChI is InChI=1S/C19H29NO3/c1-13-8-9-15(10-14(13)2)17(22)23-11-16(21)20-19(6,7)12-18(3,4)5/h8-10H,11-12H2,1-7H3,(H,20,21). The van der Waals surface area contributed by atoms with Crippen molar-refractivity contribution in [3.05, 3.63) is 34.9 Å². The van der Waals surface area contributed by atoms with E-state index in [1.807, 2.05) is 33.8 Å². The lowest BCUT2D eigenvalue weighted by Crippen LogP contribution is -2.47. The molecule has 0 bridgehead atoms. The Morgan fingerprint density at radius 2 is 1.65 bits per heavy atom. The first-order valence-electron chi connectivity index (χ1n) is 7.95. The van der Waals surface area contributed by atoms with E-state index >= 15 is 0 Å². The molecule has 1 rings (SSSR count). The van der Waals surface area contributed by atoms with Gasteiger partial charge in [-0.15, -0.1) is 0 Å². The fourth-order valence-corrected chi connectivity index (χ4v) is 2.87. The van der Waals surface area contributed by atoms with Gasteiger partial charge in [0.15, 0.2) is 6.61 Å². The van der Waals surface area contributed by atoms with Crippen LogP contribution in [0.1, 0.15) is 62.5 Å². The fourth-order valence-electron chi connectivity index (χ4n) is 2.87. The molecule has 0 atom stereocenters. The highest BCUT2D eigenvalue weighted by Crippen LogP contribution is 2.26. The van der Waals surface area contributed by atoms with Crippen molar-refractivity contribution in [3.63, 3.8) is 0 Å². The molecule has 0 radical (unpaired) electrons. The van der Waals surface area contributed by atoms with E-state index in [9.17, 15) is 9.59 Å². The van der Waals surface area contributed by atoms with Gasteiger partial charge in [-0.3, -0.25) is 4.79 Å². The van der Waals surface area contributed by atoms with Crippen LogP contribution in [0.25, 0.3) is 0 Å². The molecule has 0 saturated heterocycles. The number of ether oxygens (including phenoxy) is 1.